The van der Waals surface area contributed by atoms with Crippen molar-refractivity contribution in [2.45, 2.75) is 40.3 Å². The molecule has 0 saturated heterocycles. The molecule has 0 heterocycles. The van der Waals surface area contributed by atoms with Crippen LogP contribution in [0.5, 0.6) is 0 Å². The zero-order valence-electron chi connectivity index (χ0n) is 10.3. The fourth-order valence-electron chi connectivity index (χ4n) is 1.47. The Balaban J connectivity index is 2.70. The molecule has 1 aromatic rings. The molecule has 0 fully saturated rings. The zero-order chi connectivity index (χ0) is 12.1. The first kappa shape index (κ1) is 12.6. The molecule has 16 heavy (non-hydrogen) atoms. The van der Waals surface area contributed by atoms with E-state index in [4.69, 9.17) is 4.74 Å². The minimum atomic E-state index is -0.248. The van der Waals surface area contributed by atoms with Gasteiger partial charge in [0, 0.05) is 18.7 Å². The molecule has 0 aromatic heterocycles. The van der Waals surface area contributed by atoms with Gasteiger partial charge in [-0.05, 0) is 38.0 Å². The van der Waals surface area contributed by atoms with Crippen molar-refractivity contribution in [1.82, 2.24) is 0 Å². The number of anilines is 1. The Labute approximate surface area is 96.8 Å². The molecule has 88 valence electrons. The van der Waals surface area contributed by atoms with Crippen LogP contribution in [-0.2, 0) is 16.1 Å². The van der Waals surface area contributed by atoms with Gasteiger partial charge >= 0.3 is 5.97 Å². The average Bonchev–Trinajstić information content (AvgIpc) is 2.18. The van der Waals surface area contributed by atoms with Crippen LogP contribution in [0.3, 0.4) is 0 Å². The van der Waals surface area contributed by atoms with Crippen molar-refractivity contribution in [2.75, 3.05) is 5.32 Å². The third-order valence-corrected chi connectivity index (χ3v) is 2.18. The molecule has 3 nitrogen and oxygen atoms in total. The Bertz CT molecular complexity index is 372. The minimum Gasteiger partial charge on any atom is -0.461 e. The van der Waals surface area contributed by atoms with Gasteiger partial charge in [0.05, 0.1) is 0 Å². The normalized spacial score (nSPS) is 10.3. The molecule has 0 aliphatic carbocycles. The maximum absolute atomic E-state index is 10.7. The van der Waals surface area contributed by atoms with E-state index in [1.807, 2.05) is 25.1 Å². The lowest BCUT2D eigenvalue weighted by atomic mass is 10.1. The number of hydrogen-bond acceptors (Lipinski definition) is 3. The van der Waals surface area contributed by atoms with Gasteiger partial charge < -0.3 is 10.1 Å². The summed E-state index contributed by atoms with van der Waals surface area (Å²) in [6.07, 6.45) is 0. The number of ether oxygens (including phenoxy) is 1. The lowest BCUT2D eigenvalue weighted by molar-refractivity contribution is -0.142. The zero-order valence-corrected chi connectivity index (χ0v) is 10.3. The monoisotopic (exact) mass is 221 g/mol. The molecule has 1 aromatic carbocycles. The van der Waals surface area contributed by atoms with Gasteiger partial charge in [-0.25, -0.2) is 0 Å². The molecule has 0 aliphatic rings. The van der Waals surface area contributed by atoms with Gasteiger partial charge in [-0.15, -0.1) is 0 Å². The van der Waals surface area contributed by atoms with Crippen molar-refractivity contribution in [2.24, 2.45) is 0 Å². The molecule has 3 heteroatoms. The van der Waals surface area contributed by atoms with Crippen LogP contribution in [0.25, 0.3) is 0 Å². The molecule has 0 spiro atoms. The van der Waals surface area contributed by atoms with Crippen LogP contribution in [0, 0.1) is 6.92 Å². The summed E-state index contributed by atoms with van der Waals surface area (Å²) in [5.74, 6) is -0.248. The number of rotatable bonds is 4. The molecule has 0 bridgehead atoms. The van der Waals surface area contributed by atoms with Crippen LogP contribution in [0.4, 0.5) is 5.69 Å². The Hall–Kier alpha value is -1.51. The summed E-state index contributed by atoms with van der Waals surface area (Å²) in [6.45, 7) is 8.01. The first-order valence-electron chi connectivity index (χ1n) is 5.48. The van der Waals surface area contributed by atoms with Crippen LogP contribution in [0.15, 0.2) is 18.2 Å². The second-order valence-electron chi connectivity index (χ2n) is 4.23. The standard InChI is InChI=1S/C13H19NO2/c1-9(2)14-13-6-5-12(7-10(13)3)8-16-11(4)15/h5-7,9,14H,8H2,1-4H3. The van der Waals surface area contributed by atoms with E-state index in [2.05, 4.69) is 19.2 Å². The molecule has 1 rings (SSSR count). The summed E-state index contributed by atoms with van der Waals surface area (Å²) in [4.78, 5) is 10.7. The lowest BCUT2D eigenvalue weighted by Gasteiger charge is -2.13. The van der Waals surface area contributed by atoms with Crippen molar-refractivity contribution >= 4 is 11.7 Å². The maximum atomic E-state index is 10.7. The van der Waals surface area contributed by atoms with Gasteiger partial charge in [0.2, 0.25) is 0 Å². The fraction of sp³-hybridized carbons (Fsp3) is 0.462. The summed E-state index contributed by atoms with van der Waals surface area (Å²) in [7, 11) is 0. The van der Waals surface area contributed by atoms with Crippen LogP contribution < -0.4 is 5.32 Å². The molecular weight excluding hydrogens is 202 g/mol. The summed E-state index contributed by atoms with van der Waals surface area (Å²) >= 11 is 0. The first-order valence-corrected chi connectivity index (χ1v) is 5.48. The van der Waals surface area contributed by atoms with Crippen LogP contribution in [-0.4, -0.2) is 12.0 Å². The second-order valence-corrected chi connectivity index (χ2v) is 4.23. The Morgan fingerprint density at radius 2 is 2.12 bits per heavy atom. The largest absolute Gasteiger partial charge is 0.461 e. The van der Waals surface area contributed by atoms with Crippen molar-refractivity contribution in [3.63, 3.8) is 0 Å². The van der Waals surface area contributed by atoms with Crippen LogP contribution in [0.1, 0.15) is 31.9 Å². The van der Waals surface area contributed by atoms with Gasteiger partial charge in [0.1, 0.15) is 6.61 Å². The topological polar surface area (TPSA) is 38.3 Å². The van der Waals surface area contributed by atoms with Crippen molar-refractivity contribution < 1.29 is 9.53 Å². The maximum Gasteiger partial charge on any atom is 0.302 e. The molecule has 0 saturated carbocycles. The van der Waals surface area contributed by atoms with Crippen LogP contribution >= 0.6 is 0 Å². The van der Waals surface area contributed by atoms with E-state index < -0.39 is 0 Å². The molecule has 0 radical (unpaired) electrons. The Morgan fingerprint density at radius 1 is 1.44 bits per heavy atom. The highest BCUT2D eigenvalue weighted by Gasteiger charge is 2.02. The van der Waals surface area contributed by atoms with Crippen molar-refractivity contribution in [1.29, 1.82) is 0 Å². The number of nitrogens with one attached hydrogen (secondary N) is 1. The Kier molecular flexibility index (Phi) is 4.35. The number of carbonyl (C=O) groups excluding carboxylic acids is 1. The highest BCUT2D eigenvalue weighted by molar-refractivity contribution is 5.66. The number of aryl methyl sites for hydroxylation is 1. The van der Waals surface area contributed by atoms with Gasteiger partial charge in [-0.1, -0.05) is 12.1 Å². The second kappa shape index (κ2) is 5.54. The van der Waals surface area contributed by atoms with E-state index in [9.17, 15) is 4.79 Å². The summed E-state index contributed by atoms with van der Waals surface area (Å²) in [6, 6.07) is 6.45. The van der Waals surface area contributed by atoms with E-state index in [0.717, 1.165) is 11.3 Å². The van der Waals surface area contributed by atoms with E-state index in [-0.39, 0.29) is 5.97 Å². The highest BCUT2D eigenvalue weighted by atomic mass is 16.5. The van der Waals surface area contributed by atoms with E-state index in [1.165, 1.54) is 12.5 Å². The van der Waals surface area contributed by atoms with E-state index in [0.29, 0.717) is 12.6 Å². The summed E-state index contributed by atoms with van der Waals surface area (Å²) < 4.78 is 4.94. The first-order chi connectivity index (χ1) is 7.49. The average molecular weight is 221 g/mol. The number of benzene rings is 1. The Morgan fingerprint density at radius 3 is 2.62 bits per heavy atom. The molecule has 0 unspecified atom stereocenters. The summed E-state index contributed by atoms with van der Waals surface area (Å²) in [5.41, 5.74) is 3.31. The molecule has 1 N–H and O–H groups in total. The SMILES string of the molecule is CC(=O)OCc1ccc(NC(C)C)c(C)c1. The van der Waals surface area contributed by atoms with Crippen molar-refractivity contribution in [3.8, 4) is 0 Å². The molecule has 0 atom stereocenters. The quantitative estimate of drug-likeness (QED) is 0.794. The minimum absolute atomic E-state index is 0.248. The third-order valence-electron chi connectivity index (χ3n) is 2.18. The van der Waals surface area contributed by atoms with E-state index >= 15 is 0 Å². The number of hydrogen-bond donors (Lipinski definition) is 1. The third kappa shape index (κ3) is 3.93. The van der Waals surface area contributed by atoms with Gasteiger partial charge in [0.15, 0.2) is 0 Å². The fourth-order valence-corrected chi connectivity index (χ4v) is 1.47. The smallest absolute Gasteiger partial charge is 0.302 e. The van der Waals surface area contributed by atoms with Crippen molar-refractivity contribution in [3.05, 3.63) is 29.3 Å². The molecule has 0 aliphatic heterocycles. The van der Waals surface area contributed by atoms with Crippen LogP contribution in [0.2, 0.25) is 0 Å². The highest BCUT2D eigenvalue weighted by Crippen LogP contribution is 2.17. The summed E-state index contributed by atoms with van der Waals surface area (Å²) in [5, 5.41) is 3.36. The predicted molar refractivity (Wildman–Crippen MR) is 65.4 cm³/mol. The predicted octanol–water partition coefficient (Wildman–Crippen LogP) is 2.88. The molecular formula is C13H19NO2. The van der Waals surface area contributed by atoms with Gasteiger partial charge in [-0.2, -0.15) is 0 Å². The van der Waals surface area contributed by atoms with E-state index in [1.54, 1.807) is 0 Å². The number of esters is 1. The number of carbonyl (C=O) groups is 1. The van der Waals surface area contributed by atoms with Gasteiger partial charge in [-0.3, -0.25) is 4.79 Å². The molecule has 0 amide bonds. The van der Waals surface area contributed by atoms with Gasteiger partial charge in [0.25, 0.3) is 0 Å². The lowest BCUT2D eigenvalue weighted by Crippen LogP contribution is -2.10.